The number of nitrogen functional groups attached to an aromatic ring is 1. The molecule has 6 atom stereocenters. The van der Waals surface area contributed by atoms with E-state index in [4.69, 9.17) is 38.8 Å². The predicted molar refractivity (Wildman–Crippen MR) is 309 cm³/mol. The van der Waals surface area contributed by atoms with Gasteiger partial charge in [0.1, 0.15) is 18.0 Å². The lowest BCUT2D eigenvalue weighted by Gasteiger charge is -2.35. The lowest BCUT2D eigenvalue weighted by molar-refractivity contribution is -0.142. The van der Waals surface area contributed by atoms with E-state index >= 15 is 0 Å². The number of nitrogens with one attached hydrogen (secondary N) is 2. The van der Waals surface area contributed by atoms with Crippen molar-refractivity contribution >= 4 is 52.2 Å². The van der Waals surface area contributed by atoms with E-state index in [0.717, 1.165) is 97.7 Å². The van der Waals surface area contributed by atoms with Crippen LogP contribution in [0, 0.1) is 18.2 Å². The van der Waals surface area contributed by atoms with Gasteiger partial charge in [0.05, 0.1) is 45.5 Å². The van der Waals surface area contributed by atoms with Crippen LogP contribution in [0.4, 0.5) is 10.2 Å². The van der Waals surface area contributed by atoms with Gasteiger partial charge in [0.25, 0.3) is 0 Å². The first-order chi connectivity index (χ1) is 37.5. The number of unbranched alkanes of at least 4 members (excludes halogenated alkanes) is 5. The fraction of sp³-hybridized carbons (Fsp3) is 0.576. The van der Waals surface area contributed by atoms with Crippen molar-refractivity contribution in [1.82, 2.24) is 50.0 Å². The summed E-state index contributed by atoms with van der Waals surface area (Å²) in [6, 6.07) is 13.1. The van der Waals surface area contributed by atoms with Gasteiger partial charge in [-0.15, -0.1) is 11.3 Å². The fourth-order valence-corrected chi connectivity index (χ4v) is 13.6. The number of amides is 2. The highest BCUT2D eigenvalue weighted by Crippen LogP contribution is 2.38. The molecule has 15 nitrogen and oxygen atoms in total. The molecule has 7 heterocycles. The molecule has 4 fully saturated rings. The lowest BCUT2D eigenvalue weighted by Crippen LogP contribution is -2.56. The van der Waals surface area contributed by atoms with Crippen LogP contribution < -0.4 is 21.1 Å². The van der Waals surface area contributed by atoms with Crippen molar-refractivity contribution in [3.05, 3.63) is 99.2 Å². The average molecular weight is 1130 g/mol. The standard InChI is InChI=1S/C59H80Cl2FN11O4S/c1-38-54(78-37-67-38)41-15-13-40(14-16-41)30-66-57(75)50-29-47(74)36-72(50)58(76)55(59(3,4)5)64-21-9-8-12-24-71-35-45-28-46(71)34-70(45)23-11-7-6-10-22-69-25-19-44(20-26-69)73-33-43(32-68-73)42-27-51(56(63)65-31-42)77-39(2)52-48(60)17-18-49(62)53(52)61/h13-18,27,31-33,37,39,44-47,50,55,64,74H,6-12,19-26,28-30,34-36H2,1-5H3,(H2,63,65)(H,66,75)/t39-,45?,46?,47-,50+,55-/m1/s1. The average Bonchev–Trinajstić information content (AvgIpc) is 4.35. The number of hydrogen-bond donors (Lipinski definition) is 4. The van der Waals surface area contributed by atoms with E-state index in [9.17, 15) is 19.1 Å². The Morgan fingerprint density at radius 3 is 2.23 bits per heavy atom. The van der Waals surface area contributed by atoms with E-state index in [1.807, 2.05) is 49.0 Å². The monoisotopic (exact) mass is 1130 g/mol. The van der Waals surface area contributed by atoms with Crippen molar-refractivity contribution in [2.24, 2.45) is 5.41 Å². The van der Waals surface area contributed by atoms with Crippen molar-refractivity contribution in [2.75, 3.05) is 64.6 Å². The number of ether oxygens (including phenoxy) is 1. The number of aliphatic hydroxyl groups excluding tert-OH is 1. The summed E-state index contributed by atoms with van der Waals surface area (Å²) < 4.78 is 22.4. The molecule has 4 aliphatic rings. The number of rotatable bonds is 24. The van der Waals surface area contributed by atoms with Crippen molar-refractivity contribution in [1.29, 1.82) is 0 Å². The largest absolute Gasteiger partial charge is 0.482 e. The summed E-state index contributed by atoms with van der Waals surface area (Å²) in [4.78, 5) is 47.2. The Labute approximate surface area is 474 Å². The molecule has 5 aromatic rings. The SMILES string of the molecule is Cc1ncsc1-c1ccc(CNC(=O)[C@@H]2C[C@@H](O)CN2C(=O)[C@@H](NCCCCCN2CC3CC2CN3CCCCCCN2CCC(n3cc(-c4cnc(N)c(O[C@H](C)c5c(Cl)ccc(F)c5Cl)c4)cn3)CC2)C(C)(C)C)cc1. The summed E-state index contributed by atoms with van der Waals surface area (Å²) >= 11 is 14.2. The van der Waals surface area contributed by atoms with Gasteiger partial charge in [-0.05, 0) is 120 Å². The Kier molecular flexibility index (Phi) is 19.5. The maximum Gasteiger partial charge on any atom is 0.243 e. The van der Waals surface area contributed by atoms with Gasteiger partial charge in [0.15, 0.2) is 11.6 Å². The van der Waals surface area contributed by atoms with E-state index in [0.29, 0.717) is 41.0 Å². The van der Waals surface area contributed by atoms with Crippen LogP contribution in [0.1, 0.15) is 127 Å². The molecule has 5 N–H and O–H groups in total. The van der Waals surface area contributed by atoms with Crippen LogP contribution in [0.3, 0.4) is 0 Å². The molecule has 422 valence electrons. The number of hydrogen-bond acceptors (Lipinski definition) is 13. The molecule has 0 saturated carbocycles. The molecule has 4 saturated heterocycles. The van der Waals surface area contributed by atoms with Crippen LogP contribution >= 0.6 is 34.5 Å². The maximum atomic E-state index is 14.2. The molecule has 19 heteroatoms. The molecule has 0 spiro atoms. The van der Waals surface area contributed by atoms with Crippen molar-refractivity contribution < 1.29 is 23.8 Å². The summed E-state index contributed by atoms with van der Waals surface area (Å²) in [5, 5.41) is 22.3. The number of likely N-dealkylation sites (tertiary alicyclic amines) is 4. The molecule has 2 bridgehead atoms. The zero-order valence-electron chi connectivity index (χ0n) is 46.1. The Morgan fingerprint density at radius 1 is 0.872 bits per heavy atom. The number of aliphatic hydroxyl groups is 1. The lowest BCUT2D eigenvalue weighted by atomic mass is 9.85. The van der Waals surface area contributed by atoms with Gasteiger partial charge in [-0.25, -0.2) is 14.4 Å². The molecule has 2 aromatic carbocycles. The maximum absolute atomic E-state index is 14.2. The number of nitrogens with zero attached hydrogens (tertiary/aromatic N) is 8. The quantitative estimate of drug-likeness (QED) is 0.0341. The van der Waals surface area contributed by atoms with Crippen LogP contribution in [-0.4, -0.2) is 145 Å². The first-order valence-electron chi connectivity index (χ1n) is 28.3. The second-order valence-electron chi connectivity index (χ2n) is 23.2. The number of piperazine rings is 1. The van der Waals surface area contributed by atoms with Gasteiger partial charge in [-0.2, -0.15) is 5.10 Å². The molecular weight excluding hydrogens is 1050 g/mol. The second-order valence-corrected chi connectivity index (χ2v) is 24.9. The number of thiazole rings is 1. The van der Waals surface area contributed by atoms with Crippen LogP contribution in [0.25, 0.3) is 21.6 Å². The van der Waals surface area contributed by atoms with E-state index < -0.39 is 30.1 Å². The third-order valence-corrected chi connectivity index (χ3v) is 18.2. The molecule has 0 aliphatic carbocycles. The van der Waals surface area contributed by atoms with Gasteiger partial charge in [0, 0.05) is 91.9 Å². The van der Waals surface area contributed by atoms with Crippen LogP contribution in [0.2, 0.25) is 10.0 Å². The summed E-state index contributed by atoms with van der Waals surface area (Å²) in [5.41, 5.74) is 12.8. The van der Waals surface area contributed by atoms with Crippen LogP contribution in [0.5, 0.6) is 5.75 Å². The number of β-amino-alcohol motifs (C(OH)–C–C–N with tert-alkyl or cyclic N) is 1. The number of carbonyl (C=O) groups excluding carboxylic acids is 2. The van der Waals surface area contributed by atoms with E-state index in [1.165, 1.54) is 63.9 Å². The third-order valence-electron chi connectivity index (χ3n) is 16.6. The Hall–Kier alpha value is -4.72. The molecule has 0 radical (unpaired) electrons. The van der Waals surface area contributed by atoms with Crippen LogP contribution in [0.15, 0.2) is 66.6 Å². The van der Waals surface area contributed by atoms with Crippen LogP contribution in [-0.2, 0) is 16.1 Å². The zero-order valence-corrected chi connectivity index (χ0v) is 48.4. The van der Waals surface area contributed by atoms with Crippen molar-refractivity contribution in [3.8, 4) is 27.3 Å². The minimum Gasteiger partial charge on any atom is -0.482 e. The smallest absolute Gasteiger partial charge is 0.243 e. The second kappa shape index (κ2) is 26.3. The Morgan fingerprint density at radius 2 is 1.56 bits per heavy atom. The number of anilines is 1. The molecule has 2 unspecified atom stereocenters. The number of fused-ring (bicyclic) bond motifs is 2. The first kappa shape index (κ1) is 58.0. The van der Waals surface area contributed by atoms with E-state index in [2.05, 4.69) is 67.0 Å². The highest BCUT2D eigenvalue weighted by atomic mass is 35.5. The molecule has 78 heavy (non-hydrogen) atoms. The normalized spacial score (nSPS) is 21.2. The predicted octanol–water partition coefficient (Wildman–Crippen LogP) is 9.95. The summed E-state index contributed by atoms with van der Waals surface area (Å²) in [6.45, 7) is 19.1. The first-order valence-corrected chi connectivity index (χ1v) is 29.9. The highest BCUT2D eigenvalue weighted by Gasteiger charge is 2.44. The van der Waals surface area contributed by atoms with Crippen molar-refractivity contribution in [3.63, 3.8) is 0 Å². The summed E-state index contributed by atoms with van der Waals surface area (Å²) in [5.74, 6) is -0.343. The van der Waals surface area contributed by atoms with Gasteiger partial charge < -0.3 is 36.0 Å². The number of nitrogens with two attached hydrogens (primary N) is 1. The topological polar surface area (TPSA) is 170 Å². The minimum atomic E-state index is -0.735. The summed E-state index contributed by atoms with van der Waals surface area (Å²) in [7, 11) is 0. The highest BCUT2D eigenvalue weighted by molar-refractivity contribution is 7.13. The minimum absolute atomic E-state index is 0.0760. The number of pyridine rings is 1. The zero-order chi connectivity index (χ0) is 55.1. The molecule has 2 amide bonds. The number of aromatic nitrogens is 4. The van der Waals surface area contributed by atoms with Crippen molar-refractivity contribution in [2.45, 2.75) is 154 Å². The number of halogens is 3. The number of aryl methyl sites for hydroxylation is 1. The van der Waals surface area contributed by atoms with E-state index in [1.54, 1.807) is 29.4 Å². The Balaban J connectivity index is 0.618. The van der Waals surface area contributed by atoms with Gasteiger partial charge in [0.2, 0.25) is 11.8 Å². The molecule has 4 aliphatic heterocycles. The van der Waals surface area contributed by atoms with Gasteiger partial charge in [-0.3, -0.25) is 24.1 Å². The number of carbonyl (C=O) groups is 2. The molecule has 9 rings (SSSR count). The van der Waals surface area contributed by atoms with E-state index in [-0.39, 0.29) is 41.0 Å². The molecule has 3 aromatic heterocycles. The summed E-state index contributed by atoms with van der Waals surface area (Å²) in [6.07, 6.45) is 16.1. The fourth-order valence-electron chi connectivity index (χ4n) is 12.1. The molecular formula is C59H80Cl2FN11O4S. The van der Waals surface area contributed by atoms with Gasteiger partial charge in [-0.1, -0.05) is 87.5 Å². The third kappa shape index (κ3) is 14.2. The number of benzene rings is 2. The van der Waals surface area contributed by atoms with Gasteiger partial charge >= 0.3 is 0 Å². The number of piperidine rings is 1. The Bertz CT molecular complexity index is 2800.